The fourth-order valence-corrected chi connectivity index (χ4v) is 2.07. The summed E-state index contributed by atoms with van der Waals surface area (Å²) in [5, 5.41) is 4.39. The van der Waals surface area contributed by atoms with Crippen molar-refractivity contribution < 1.29 is 23.8 Å². The molecule has 2 amide bonds. The van der Waals surface area contributed by atoms with Crippen molar-refractivity contribution in [1.29, 1.82) is 0 Å². The predicted octanol–water partition coefficient (Wildman–Crippen LogP) is 5.45. The van der Waals surface area contributed by atoms with Crippen molar-refractivity contribution in [2.24, 2.45) is 0 Å². The lowest BCUT2D eigenvalue weighted by Crippen LogP contribution is -2.55. The van der Waals surface area contributed by atoms with Crippen LogP contribution < -0.4 is 10.6 Å². The topological polar surface area (TPSA) is 85.9 Å². The molecule has 2 N–H and O–H groups in total. The van der Waals surface area contributed by atoms with Crippen LogP contribution in [0.1, 0.15) is 39.5 Å². The number of amides is 2. The summed E-state index contributed by atoms with van der Waals surface area (Å²) in [6.07, 6.45) is -2.10. The molecule has 0 saturated carbocycles. The highest BCUT2D eigenvalue weighted by atomic mass is 35.6. The smallest absolute Gasteiger partial charge is 0.409 e. The van der Waals surface area contributed by atoms with Crippen molar-refractivity contribution >= 4 is 81.8 Å². The summed E-state index contributed by atoms with van der Waals surface area (Å²) < 4.78 is 10.8. The normalized spacial score (nSPS) is 14.2. The van der Waals surface area contributed by atoms with E-state index in [0.29, 0.717) is 12.8 Å². The third-order valence-electron chi connectivity index (χ3n) is 2.83. The van der Waals surface area contributed by atoms with Crippen molar-refractivity contribution in [1.82, 2.24) is 10.6 Å². The van der Waals surface area contributed by atoms with Crippen LogP contribution in [-0.2, 0) is 14.2 Å². The molecule has 0 fully saturated rings. The minimum Gasteiger partial charge on any atom is -0.450 e. The first-order valence-electron chi connectivity index (χ1n) is 8.07. The second-order valence-electron chi connectivity index (χ2n) is 5.25. The van der Waals surface area contributed by atoms with Crippen molar-refractivity contribution in [3.63, 3.8) is 0 Å². The van der Waals surface area contributed by atoms with Gasteiger partial charge in [-0.15, -0.1) is 0 Å². The third-order valence-corrected chi connectivity index (χ3v) is 4.02. The van der Waals surface area contributed by atoms with Gasteiger partial charge in [0.25, 0.3) is 0 Å². The molecule has 2 unspecified atom stereocenters. The zero-order chi connectivity index (χ0) is 21.1. The summed E-state index contributed by atoms with van der Waals surface area (Å²) in [6, 6.07) is 0. The van der Waals surface area contributed by atoms with Gasteiger partial charge in [0.2, 0.25) is 7.59 Å². The lowest BCUT2D eigenvalue weighted by atomic mass is 10.4. The molecule has 0 heterocycles. The number of hydrogen-bond acceptors (Lipinski definition) is 5. The third kappa shape index (κ3) is 13.2. The number of halogens is 6. The van der Waals surface area contributed by atoms with Crippen molar-refractivity contribution in [3.05, 3.63) is 0 Å². The number of unbranched alkanes of at least 4 members (excludes halogenated alkanes) is 2. The maximum Gasteiger partial charge on any atom is 0.409 e. The van der Waals surface area contributed by atoms with Crippen LogP contribution in [-0.4, -0.2) is 45.4 Å². The summed E-state index contributed by atoms with van der Waals surface area (Å²) in [4.78, 5) is 23.6. The zero-order valence-electron chi connectivity index (χ0n) is 14.7. The van der Waals surface area contributed by atoms with Crippen LogP contribution in [0.5, 0.6) is 0 Å². The van der Waals surface area contributed by atoms with E-state index in [1.807, 2.05) is 13.8 Å². The number of ether oxygens (including phenoxy) is 3. The van der Waals surface area contributed by atoms with Gasteiger partial charge in [-0.2, -0.15) is 0 Å². The molecule has 2 atom stereocenters. The van der Waals surface area contributed by atoms with Gasteiger partial charge in [0.1, 0.15) is 0 Å². The molecule has 27 heavy (non-hydrogen) atoms. The molecule has 0 saturated heterocycles. The van der Waals surface area contributed by atoms with Crippen molar-refractivity contribution in [2.45, 2.75) is 59.6 Å². The quantitative estimate of drug-likeness (QED) is 0.232. The van der Waals surface area contributed by atoms with Crippen molar-refractivity contribution in [2.75, 3.05) is 13.2 Å². The number of nitrogens with one attached hydrogen (secondary N) is 2. The molecule has 160 valence electrons. The Bertz CT molecular complexity index is 418. The SMILES string of the molecule is CCCCOC(=O)NC(OC(NC(=O)OCCCC)C(Cl)(Cl)Cl)C(Cl)(Cl)Cl. The Morgan fingerprint density at radius 2 is 1.11 bits per heavy atom. The monoisotopic (exact) mass is 508 g/mol. The Hall–Kier alpha value is 0.240. The Morgan fingerprint density at radius 1 is 0.778 bits per heavy atom. The van der Waals surface area contributed by atoms with Crippen LogP contribution in [0.4, 0.5) is 9.59 Å². The van der Waals surface area contributed by atoms with Gasteiger partial charge in [-0.1, -0.05) is 96.3 Å². The first-order valence-corrected chi connectivity index (χ1v) is 10.3. The number of rotatable bonds is 10. The average Bonchev–Trinajstić information content (AvgIpc) is 2.52. The van der Waals surface area contributed by atoms with Crippen LogP contribution in [0.15, 0.2) is 0 Å². The van der Waals surface area contributed by atoms with Gasteiger partial charge in [0, 0.05) is 0 Å². The van der Waals surface area contributed by atoms with E-state index in [0.717, 1.165) is 12.8 Å². The molecule has 0 bridgehead atoms. The molecule has 0 aromatic rings. The van der Waals surface area contributed by atoms with Gasteiger partial charge in [-0.3, -0.25) is 10.6 Å². The van der Waals surface area contributed by atoms with Gasteiger partial charge in [-0.05, 0) is 12.8 Å². The molecule has 0 aliphatic rings. The minimum absolute atomic E-state index is 0.158. The molecule has 0 aromatic carbocycles. The largest absolute Gasteiger partial charge is 0.450 e. The second kappa shape index (κ2) is 13.5. The molecule has 0 aromatic heterocycles. The first-order chi connectivity index (χ1) is 12.4. The summed E-state index contributed by atoms with van der Waals surface area (Å²) in [6.45, 7) is 4.16. The first kappa shape index (κ1) is 27.2. The summed E-state index contributed by atoms with van der Waals surface area (Å²) >= 11 is 34.8. The van der Waals surface area contributed by atoms with Gasteiger partial charge in [-0.25, -0.2) is 9.59 Å². The second-order valence-corrected chi connectivity index (χ2v) is 9.98. The number of alkyl halides is 6. The van der Waals surface area contributed by atoms with Crippen LogP contribution in [0.3, 0.4) is 0 Å². The highest BCUT2D eigenvalue weighted by molar-refractivity contribution is 6.68. The number of hydrogen-bond donors (Lipinski definition) is 2. The Balaban J connectivity index is 5.01. The van der Waals surface area contributed by atoms with Gasteiger partial charge in [0.05, 0.1) is 13.2 Å². The maximum atomic E-state index is 11.8. The van der Waals surface area contributed by atoms with E-state index in [1.165, 1.54) is 0 Å². The Kier molecular flexibility index (Phi) is 13.6. The molecule has 7 nitrogen and oxygen atoms in total. The number of alkyl carbamates (subject to hydrolysis) is 2. The van der Waals surface area contributed by atoms with E-state index in [4.69, 9.17) is 83.8 Å². The van der Waals surface area contributed by atoms with Crippen LogP contribution in [0.25, 0.3) is 0 Å². The van der Waals surface area contributed by atoms with Gasteiger partial charge < -0.3 is 14.2 Å². The molecule has 0 aliphatic carbocycles. The molecule has 0 radical (unpaired) electrons. The highest BCUT2D eigenvalue weighted by Crippen LogP contribution is 2.36. The Labute approximate surface area is 188 Å². The predicted molar refractivity (Wildman–Crippen MR) is 108 cm³/mol. The fourth-order valence-electron chi connectivity index (χ4n) is 1.44. The average molecular weight is 511 g/mol. The number of carbonyl (C=O) groups excluding carboxylic acids is 2. The molecular weight excluding hydrogens is 489 g/mol. The van der Waals surface area contributed by atoms with Gasteiger partial charge >= 0.3 is 12.2 Å². The highest BCUT2D eigenvalue weighted by Gasteiger charge is 2.43. The Morgan fingerprint density at radius 3 is 1.37 bits per heavy atom. The van der Waals surface area contributed by atoms with E-state index < -0.39 is 32.2 Å². The van der Waals surface area contributed by atoms with Gasteiger partial charge in [0.15, 0.2) is 12.5 Å². The molecule has 13 heteroatoms. The van der Waals surface area contributed by atoms with Crippen molar-refractivity contribution in [3.8, 4) is 0 Å². The minimum atomic E-state index is -2.16. The standard InChI is InChI=1S/C14H22Cl6N2O5/c1-3-5-7-25-11(23)21-9(13(15,16)17)27-10(14(18,19)20)22-12(24)26-8-6-4-2/h9-10H,3-8H2,1-2H3,(H,21,23)(H,22,24). The van der Waals surface area contributed by atoms with Crippen LogP contribution >= 0.6 is 69.6 Å². The van der Waals surface area contributed by atoms with E-state index in [2.05, 4.69) is 10.6 Å². The zero-order valence-corrected chi connectivity index (χ0v) is 19.2. The van der Waals surface area contributed by atoms with E-state index in [1.54, 1.807) is 0 Å². The number of carbonyl (C=O) groups is 2. The summed E-state index contributed by atoms with van der Waals surface area (Å²) in [5.41, 5.74) is 0. The molecular formula is C14H22Cl6N2O5. The summed E-state index contributed by atoms with van der Waals surface area (Å²) in [7, 11) is 0. The van der Waals surface area contributed by atoms with E-state index >= 15 is 0 Å². The molecule has 0 rings (SSSR count). The molecule has 0 aliphatic heterocycles. The van der Waals surface area contributed by atoms with E-state index in [9.17, 15) is 9.59 Å². The lowest BCUT2D eigenvalue weighted by Gasteiger charge is -2.32. The van der Waals surface area contributed by atoms with E-state index in [-0.39, 0.29) is 13.2 Å². The van der Waals surface area contributed by atoms with Crippen LogP contribution in [0.2, 0.25) is 0 Å². The fraction of sp³-hybridized carbons (Fsp3) is 0.857. The summed E-state index contributed by atoms with van der Waals surface area (Å²) in [5.74, 6) is 0. The maximum absolute atomic E-state index is 11.8. The van der Waals surface area contributed by atoms with Crippen LogP contribution in [0, 0.1) is 0 Å². The lowest BCUT2D eigenvalue weighted by molar-refractivity contribution is -0.0395. The molecule has 0 spiro atoms.